The maximum atomic E-state index is 11.7. The zero-order valence-electron chi connectivity index (χ0n) is 11.1. The van der Waals surface area contributed by atoms with Crippen molar-refractivity contribution in [3.05, 3.63) is 30.1 Å². The lowest BCUT2D eigenvalue weighted by Crippen LogP contribution is -2.55. The highest BCUT2D eigenvalue weighted by Gasteiger charge is 2.33. The van der Waals surface area contributed by atoms with Crippen LogP contribution >= 0.6 is 0 Å². The number of rotatable bonds is 6. The van der Waals surface area contributed by atoms with Crippen molar-refractivity contribution >= 4 is 12.0 Å². The molecule has 1 heterocycles. The van der Waals surface area contributed by atoms with E-state index < -0.39 is 17.5 Å². The van der Waals surface area contributed by atoms with Gasteiger partial charge in [-0.15, -0.1) is 0 Å². The number of carboxylic acid groups (broad SMARTS) is 1. The van der Waals surface area contributed by atoms with Crippen LogP contribution in [0.1, 0.15) is 32.3 Å². The minimum Gasteiger partial charge on any atom is -0.480 e. The zero-order chi connectivity index (χ0) is 14.3. The van der Waals surface area contributed by atoms with Gasteiger partial charge in [-0.1, -0.05) is 19.4 Å². The number of pyridine rings is 1. The van der Waals surface area contributed by atoms with Crippen LogP contribution < -0.4 is 10.6 Å². The monoisotopic (exact) mass is 265 g/mol. The summed E-state index contributed by atoms with van der Waals surface area (Å²) >= 11 is 0. The first-order valence-corrected chi connectivity index (χ1v) is 6.16. The third kappa shape index (κ3) is 4.57. The molecule has 6 nitrogen and oxygen atoms in total. The second kappa shape index (κ2) is 6.72. The predicted octanol–water partition coefficient (Wildman–Crippen LogP) is 1.52. The van der Waals surface area contributed by atoms with Crippen LogP contribution in [0.4, 0.5) is 4.79 Å². The Morgan fingerprint density at radius 1 is 1.47 bits per heavy atom. The molecule has 0 bridgehead atoms. The van der Waals surface area contributed by atoms with Gasteiger partial charge in [0.05, 0.1) is 0 Å². The number of nitrogens with one attached hydrogen (secondary N) is 2. The van der Waals surface area contributed by atoms with Crippen LogP contribution in [-0.4, -0.2) is 27.6 Å². The lowest BCUT2D eigenvalue weighted by molar-refractivity contribution is -0.144. The number of carbonyl (C=O) groups excluding carboxylic acids is 1. The molecule has 1 rings (SSSR count). The summed E-state index contributed by atoms with van der Waals surface area (Å²) in [4.78, 5) is 26.8. The number of urea groups is 1. The van der Waals surface area contributed by atoms with Gasteiger partial charge in [-0.3, -0.25) is 4.98 Å². The average Bonchev–Trinajstić information content (AvgIpc) is 2.37. The summed E-state index contributed by atoms with van der Waals surface area (Å²) in [6.07, 6.45) is 4.34. The molecule has 19 heavy (non-hydrogen) atoms. The molecule has 0 radical (unpaired) electrons. The van der Waals surface area contributed by atoms with E-state index in [9.17, 15) is 9.59 Å². The third-order valence-electron chi connectivity index (χ3n) is 2.79. The molecular weight excluding hydrogens is 246 g/mol. The van der Waals surface area contributed by atoms with Gasteiger partial charge in [0.1, 0.15) is 5.54 Å². The Bertz CT molecular complexity index is 436. The molecule has 6 heteroatoms. The molecular formula is C13H19N3O3. The molecule has 0 saturated heterocycles. The van der Waals surface area contributed by atoms with Gasteiger partial charge in [-0.25, -0.2) is 9.59 Å². The lowest BCUT2D eigenvalue weighted by atomic mass is 9.97. The van der Waals surface area contributed by atoms with Gasteiger partial charge in [0, 0.05) is 18.9 Å². The van der Waals surface area contributed by atoms with Crippen LogP contribution in [0.15, 0.2) is 24.5 Å². The topological polar surface area (TPSA) is 91.3 Å². The van der Waals surface area contributed by atoms with Crippen LogP contribution in [0.2, 0.25) is 0 Å². The highest BCUT2D eigenvalue weighted by molar-refractivity contribution is 5.85. The van der Waals surface area contributed by atoms with Gasteiger partial charge in [-0.05, 0) is 25.0 Å². The summed E-state index contributed by atoms with van der Waals surface area (Å²) in [6.45, 7) is 3.68. The highest BCUT2D eigenvalue weighted by Crippen LogP contribution is 2.12. The van der Waals surface area contributed by atoms with Crippen molar-refractivity contribution in [2.45, 2.75) is 38.8 Å². The van der Waals surface area contributed by atoms with Crippen LogP contribution in [0.3, 0.4) is 0 Å². The molecule has 0 saturated carbocycles. The largest absolute Gasteiger partial charge is 0.480 e. The standard InChI is InChI=1S/C13H19N3O3/c1-3-6-13(2,11(17)18)16-12(19)15-9-10-5-4-7-14-8-10/h4-5,7-8H,3,6,9H2,1-2H3,(H,17,18)(H2,15,16,19). The Balaban J connectivity index is 2.52. The Morgan fingerprint density at radius 3 is 2.74 bits per heavy atom. The van der Waals surface area contributed by atoms with Crippen molar-refractivity contribution in [3.8, 4) is 0 Å². The minimum absolute atomic E-state index is 0.307. The predicted molar refractivity (Wildman–Crippen MR) is 70.6 cm³/mol. The number of hydrogen-bond donors (Lipinski definition) is 3. The second-order valence-corrected chi connectivity index (χ2v) is 4.56. The van der Waals surface area contributed by atoms with Crippen molar-refractivity contribution in [1.82, 2.24) is 15.6 Å². The number of nitrogens with zero attached hydrogens (tertiary/aromatic N) is 1. The first-order chi connectivity index (χ1) is 8.98. The summed E-state index contributed by atoms with van der Waals surface area (Å²) in [7, 11) is 0. The van der Waals surface area contributed by atoms with Crippen molar-refractivity contribution in [2.24, 2.45) is 0 Å². The number of hydrogen-bond acceptors (Lipinski definition) is 3. The molecule has 1 atom stereocenters. The lowest BCUT2D eigenvalue weighted by Gasteiger charge is -2.25. The van der Waals surface area contributed by atoms with Crippen molar-refractivity contribution in [1.29, 1.82) is 0 Å². The molecule has 1 unspecified atom stereocenters. The fraction of sp³-hybridized carbons (Fsp3) is 0.462. The number of amides is 2. The van der Waals surface area contributed by atoms with Gasteiger partial charge in [0.25, 0.3) is 0 Å². The maximum Gasteiger partial charge on any atom is 0.329 e. The van der Waals surface area contributed by atoms with Crippen LogP contribution in [-0.2, 0) is 11.3 Å². The van der Waals surface area contributed by atoms with Gasteiger partial charge in [-0.2, -0.15) is 0 Å². The summed E-state index contributed by atoms with van der Waals surface area (Å²) in [6, 6.07) is 3.10. The molecule has 0 fully saturated rings. The Labute approximate surface area is 112 Å². The van der Waals surface area contributed by atoms with E-state index in [2.05, 4.69) is 15.6 Å². The number of carbonyl (C=O) groups is 2. The van der Waals surface area contributed by atoms with E-state index in [0.29, 0.717) is 19.4 Å². The van der Waals surface area contributed by atoms with E-state index in [1.165, 1.54) is 6.92 Å². The quantitative estimate of drug-likeness (QED) is 0.727. The van der Waals surface area contributed by atoms with Crippen molar-refractivity contribution in [2.75, 3.05) is 0 Å². The van der Waals surface area contributed by atoms with Crippen molar-refractivity contribution < 1.29 is 14.7 Å². The van der Waals surface area contributed by atoms with E-state index in [1.807, 2.05) is 13.0 Å². The van der Waals surface area contributed by atoms with E-state index in [4.69, 9.17) is 5.11 Å². The number of aromatic nitrogens is 1. The fourth-order valence-corrected chi connectivity index (χ4v) is 1.70. The number of carboxylic acids is 1. The molecule has 3 N–H and O–H groups in total. The minimum atomic E-state index is -1.24. The Hall–Kier alpha value is -2.11. The van der Waals surface area contributed by atoms with Crippen LogP contribution in [0, 0.1) is 0 Å². The molecule has 1 aromatic rings. The SMILES string of the molecule is CCCC(C)(NC(=O)NCc1cccnc1)C(=O)O. The van der Waals surface area contributed by atoms with Crippen LogP contribution in [0.5, 0.6) is 0 Å². The Morgan fingerprint density at radius 2 is 2.21 bits per heavy atom. The molecule has 0 aliphatic rings. The summed E-state index contributed by atoms with van der Waals surface area (Å²) in [5.74, 6) is -1.04. The number of aliphatic carboxylic acids is 1. The van der Waals surface area contributed by atoms with E-state index in [0.717, 1.165) is 5.56 Å². The molecule has 2 amide bonds. The molecule has 1 aromatic heterocycles. The first kappa shape index (κ1) is 14.9. The van der Waals surface area contributed by atoms with Gasteiger partial charge in [0.2, 0.25) is 0 Å². The summed E-state index contributed by atoms with van der Waals surface area (Å²) in [5, 5.41) is 14.3. The highest BCUT2D eigenvalue weighted by atomic mass is 16.4. The Kier molecular flexibility index (Phi) is 5.29. The van der Waals surface area contributed by atoms with Gasteiger partial charge in [0.15, 0.2) is 0 Å². The normalized spacial score (nSPS) is 13.4. The summed E-state index contributed by atoms with van der Waals surface area (Å²) < 4.78 is 0. The molecule has 104 valence electrons. The average molecular weight is 265 g/mol. The molecule has 0 spiro atoms. The molecule has 0 aliphatic heterocycles. The fourth-order valence-electron chi connectivity index (χ4n) is 1.70. The first-order valence-electron chi connectivity index (χ1n) is 6.16. The van der Waals surface area contributed by atoms with E-state index in [1.54, 1.807) is 18.5 Å². The van der Waals surface area contributed by atoms with E-state index in [-0.39, 0.29) is 0 Å². The molecule has 0 aliphatic carbocycles. The van der Waals surface area contributed by atoms with E-state index >= 15 is 0 Å². The maximum absolute atomic E-state index is 11.7. The van der Waals surface area contributed by atoms with Crippen molar-refractivity contribution in [3.63, 3.8) is 0 Å². The van der Waals surface area contributed by atoms with Gasteiger partial charge >= 0.3 is 12.0 Å². The summed E-state index contributed by atoms with van der Waals surface area (Å²) in [5.41, 5.74) is -0.390. The third-order valence-corrected chi connectivity index (χ3v) is 2.79. The second-order valence-electron chi connectivity index (χ2n) is 4.56. The van der Waals surface area contributed by atoms with Gasteiger partial charge < -0.3 is 15.7 Å². The smallest absolute Gasteiger partial charge is 0.329 e. The zero-order valence-corrected chi connectivity index (χ0v) is 11.1. The van der Waals surface area contributed by atoms with Crippen LogP contribution in [0.25, 0.3) is 0 Å². The molecule has 0 aromatic carbocycles.